The van der Waals surface area contributed by atoms with Crippen molar-refractivity contribution in [3.05, 3.63) is 59.9 Å². The molecule has 0 aliphatic rings. The molecule has 2 atom stereocenters. The Morgan fingerprint density at radius 2 is 1.73 bits per heavy atom. The summed E-state index contributed by atoms with van der Waals surface area (Å²) in [6.45, 7) is 9.44. The summed E-state index contributed by atoms with van der Waals surface area (Å²) in [6, 6.07) is 15.6. The van der Waals surface area contributed by atoms with E-state index in [9.17, 15) is 9.59 Å². The average molecular weight is 507 g/mol. The van der Waals surface area contributed by atoms with Crippen LogP contribution in [0.3, 0.4) is 0 Å². The van der Waals surface area contributed by atoms with Gasteiger partial charge in [-0.05, 0) is 69.9 Å². The van der Waals surface area contributed by atoms with Crippen molar-refractivity contribution >= 4 is 22.8 Å². The van der Waals surface area contributed by atoms with E-state index in [4.69, 9.17) is 9.72 Å². The van der Waals surface area contributed by atoms with Crippen LogP contribution in [0, 0.1) is 0 Å². The molecule has 37 heavy (non-hydrogen) atoms. The summed E-state index contributed by atoms with van der Waals surface area (Å²) < 4.78 is 7.29. The van der Waals surface area contributed by atoms with Crippen molar-refractivity contribution in [3.63, 3.8) is 0 Å². The van der Waals surface area contributed by atoms with Gasteiger partial charge in [-0.1, -0.05) is 38.5 Å². The van der Waals surface area contributed by atoms with Crippen LogP contribution in [0.4, 0.5) is 0 Å². The second-order valence-electron chi connectivity index (χ2n) is 9.72. The molecule has 0 aliphatic heterocycles. The number of aryl methyl sites for hydroxylation is 1. The highest BCUT2D eigenvalue weighted by atomic mass is 16.5. The number of aromatic nitrogens is 2. The third-order valence-corrected chi connectivity index (χ3v) is 7.14. The van der Waals surface area contributed by atoms with E-state index in [1.54, 1.807) is 19.2 Å². The zero-order valence-corrected chi connectivity index (χ0v) is 23.0. The molecule has 7 nitrogen and oxygen atoms in total. The van der Waals surface area contributed by atoms with Crippen molar-refractivity contribution in [2.24, 2.45) is 0 Å². The van der Waals surface area contributed by atoms with Crippen LogP contribution in [0.5, 0.6) is 5.75 Å². The smallest absolute Gasteiger partial charge is 0.251 e. The first-order valence-corrected chi connectivity index (χ1v) is 13.6. The number of nitrogens with zero attached hydrogens (tertiary/aromatic N) is 3. The number of fused-ring (bicyclic) bond motifs is 1. The van der Waals surface area contributed by atoms with Gasteiger partial charge in [0.1, 0.15) is 18.1 Å². The van der Waals surface area contributed by atoms with Crippen LogP contribution in [0.2, 0.25) is 0 Å². The van der Waals surface area contributed by atoms with Gasteiger partial charge in [-0.3, -0.25) is 9.59 Å². The van der Waals surface area contributed by atoms with E-state index in [0.29, 0.717) is 24.4 Å². The number of carbonyl (C=O) groups is 2. The van der Waals surface area contributed by atoms with Crippen molar-refractivity contribution in [1.29, 1.82) is 0 Å². The monoisotopic (exact) mass is 506 g/mol. The van der Waals surface area contributed by atoms with E-state index in [1.165, 1.54) is 0 Å². The Kier molecular flexibility index (Phi) is 10.5. The van der Waals surface area contributed by atoms with E-state index in [-0.39, 0.29) is 23.9 Å². The Morgan fingerprint density at radius 3 is 2.43 bits per heavy atom. The molecular weight excluding hydrogens is 464 g/mol. The SMILES string of the molecule is CCC(C)N(C(=O)Cn1c(CCCCCNC(=O)c2cccc(OC)c2)nc2ccccc21)C(C)CC. The van der Waals surface area contributed by atoms with Gasteiger partial charge in [0.25, 0.3) is 5.91 Å². The largest absolute Gasteiger partial charge is 0.497 e. The first-order chi connectivity index (χ1) is 17.9. The molecule has 1 aromatic heterocycles. The molecule has 0 fully saturated rings. The minimum Gasteiger partial charge on any atom is -0.497 e. The van der Waals surface area contributed by atoms with Gasteiger partial charge in [-0.25, -0.2) is 4.98 Å². The molecule has 1 heterocycles. The molecule has 200 valence electrons. The van der Waals surface area contributed by atoms with Crippen molar-refractivity contribution in [1.82, 2.24) is 19.8 Å². The van der Waals surface area contributed by atoms with Gasteiger partial charge in [0.05, 0.1) is 18.1 Å². The van der Waals surface area contributed by atoms with Crippen molar-refractivity contribution in [2.75, 3.05) is 13.7 Å². The Bertz CT molecular complexity index is 1160. The van der Waals surface area contributed by atoms with Gasteiger partial charge < -0.3 is 19.5 Å². The van der Waals surface area contributed by atoms with E-state index < -0.39 is 0 Å². The molecule has 0 aliphatic carbocycles. The Balaban J connectivity index is 1.59. The maximum Gasteiger partial charge on any atom is 0.251 e. The minimum absolute atomic E-state index is 0.0913. The number of para-hydroxylation sites is 2. The number of hydrogen-bond acceptors (Lipinski definition) is 4. The van der Waals surface area contributed by atoms with Crippen molar-refractivity contribution in [3.8, 4) is 5.75 Å². The van der Waals surface area contributed by atoms with E-state index in [1.807, 2.05) is 41.3 Å². The number of benzene rings is 2. The lowest BCUT2D eigenvalue weighted by molar-refractivity contribution is -0.136. The number of amides is 2. The van der Waals surface area contributed by atoms with Crippen LogP contribution < -0.4 is 10.1 Å². The molecular formula is C30H42N4O3. The summed E-state index contributed by atoms with van der Waals surface area (Å²) in [5.41, 5.74) is 2.53. The maximum absolute atomic E-state index is 13.5. The lowest BCUT2D eigenvalue weighted by atomic mass is 10.1. The minimum atomic E-state index is -0.0913. The molecule has 2 amide bonds. The molecule has 3 rings (SSSR count). The number of unbranched alkanes of at least 4 members (excludes halogenated alkanes) is 2. The maximum atomic E-state index is 13.5. The summed E-state index contributed by atoms with van der Waals surface area (Å²) in [5.74, 6) is 1.67. The predicted octanol–water partition coefficient (Wildman–Crippen LogP) is 5.61. The molecule has 0 radical (unpaired) electrons. The molecule has 1 N–H and O–H groups in total. The molecule has 2 aromatic carbocycles. The summed E-state index contributed by atoms with van der Waals surface area (Å²) in [4.78, 5) is 32.8. The van der Waals surface area contributed by atoms with Crippen molar-refractivity contribution in [2.45, 2.75) is 84.8 Å². The standard InChI is InChI=1S/C30H42N4O3/c1-6-22(3)34(23(4)7-2)29(35)21-33-27-17-11-10-16-26(27)32-28(33)18-9-8-12-19-31-30(36)24-14-13-15-25(20-24)37-5/h10-11,13-17,20,22-23H,6-9,12,18-19,21H2,1-5H3,(H,31,36). The normalized spacial score (nSPS) is 12.8. The molecule has 7 heteroatoms. The fourth-order valence-electron chi connectivity index (χ4n) is 4.68. The molecule has 0 saturated carbocycles. The third-order valence-electron chi connectivity index (χ3n) is 7.14. The number of methoxy groups -OCH3 is 1. The summed E-state index contributed by atoms with van der Waals surface area (Å²) in [7, 11) is 1.59. The number of hydrogen-bond donors (Lipinski definition) is 1. The average Bonchev–Trinajstić information content (AvgIpc) is 3.27. The van der Waals surface area contributed by atoms with Gasteiger partial charge in [0.2, 0.25) is 5.91 Å². The highest BCUT2D eigenvalue weighted by molar-refractivity contribution is 5.94. The number of ether oxygens (including phenoxy) is 1. The van der Waals surface area contributed by atoms with Crippen LogP contribution in [-0.2, 0) is 17.8 Å². The number of nitrogens with one attached hydrogen (secondary N) is 1. The lowest BCUT2D eigenvalue weighted by Crippen LogP contribution is -2.45. The van der Waals surface area contributed by atoms with Crippen LogP contribution in [-0.4, -0.2) is 52.0 Å². The van der Waals surface area contributed by atoms with Crippen LogP contribution in [0.15, 0.2) is 48.5 Å². The second kappa shape index (κ2) is 13.8. The summed E-state index contributed by atoms with van der Waals surface area (Å²) in [5, 5.41) is 2.99. The highest BCUT2D eigenvalue weighted by Gasteiger charge is 2.25. The van der Waals surface area contributed by atoms with E-state index in [0.717, 1.165) is 55.4 Å². The van der Waals surface area contributed by atoms with Crippen LogP contribution >= 0.6 is 0 Å². The first kappa shape index (κ1) is 28.2. The summed E-state index contributed by atoms with van der Waals surface area (Å²) in [6.07, 6.45) is 5.43. The van der Waals surface area contributed by atoms with Crippen molar-refractivity contribution < 1.29 is 14.3 Å². The lowest BCUT2D eigenvalue weighted by Gasteiger charge is -2.34. The van der Waals surface area contributed by atoms with Gasteiger partial charge in [0.15, 0.2) is 0 Å². The van der Waals surface area contributed by atoms with Gasteiger partial charge in [-0.2, -0.15) is 0 Å². The highest BCUT2D eigenvalue weighted by Crippen LogP contribution is 2.20. The predicted molar refractivity (Wildman–Crippen MR) is 149 cm³/mol. The second-order valence-corrected chi connectivity index (χ2v) is 9.72. The van der Waals surface area contributed by atoms with E-state index >= 15 is 0 Å². The molecule has 2 unspecified atom stereocenters. The number of imidazole rings is 1. The molecule has 0 saturated heterocycles. The zero-order chi connectivity index (χ0) is 26.8. The quantitative estimate of drug-likeness (QED) is 0.288. The first-order valence-electron chi connectivity index (χ1n) is 13.6. The van der Waals surface area contributed by atoms with Gasteiger partial charge in [-0.15, -0.1) is 0 Å². The van der Waals surface area contributed by atoms with Crippen LogP contribution in [0.1, 0.15) is 76.0 Å². The zero-order valence-electron chi connectivity index (χ0n) is 23.0. The molecule has 0 spiro atoms. The Morgan fingerprint density at radius 1 is 1.00 bits per heavy atom. The number of rotatable bonds is 14. The number of carbonyl (C=O) groups excluding carboxylic acids is 2. The fraction of sp³-hybridized carbons (Fsp3) is 0.500. The molecule has 3 aromatic rings. The Labute approximate surface area is 221 Å². The Hall–Kier alpha value is -3.35. The molecule has 0 bridgehead atoms. The van der Waals surface area contributed by atoms with E-state index in [2.05, 4.69) is 37.6 Å². The van der Waals surface area contributed by atoms with Gasteiger partial charge >= 0.3 is 0 Å². The fourth-order valence-corrected chi connectivity index (χ4v) is 4.68. The topological polar surface area (TPSA) is 76.5 Å². The van der Waals surface area contributed by atoms with Gasteiger partial charge in [0, 0.05) is 30.6 Å². The summed E-state index contributed by atoms with van der Waals surface area (Å²) >= 11 is 0. The van der Waals surface area contributed by atoms with Crippen LogP contribution in [0.25, 0.3) is 11.0 Å². The third kappa shape index (κ3) is 7.34.